The Morgan fingerprint density at radius 3 is 2.78 bits per heavy atom. The van der Waals surface area contributed by atoms with Crippen LogP contribution in [0.25, 0.3) is 0 Å². The van der Waals surface area contributed by atoms with Crippen molar-refractivity contribution in [3.8, 4) is 0 Å². The molecule has 0 aliphatic heterocycles. The maximum Gasteiger partial charge on any atom is 0.337 e. The summed E-state index contributed by atoms with van der Waals surface area (Å²) in [5.74, 6) is -1.89. The Morgan fingerprint density at radius 1 is 1.56 bits per heavy atom. The lowest BCUT2D eigenvalue weighted by Gasteiger charge is -2.18. The maximum atomic E-state index is 11.7. The van der Waals surface area contributed by atoms with E-state index in [9.17, 15) is 14.7 Å². The molecular formula is C11H15N3O4. The summed E-state index contributed by atoms with van der Waals surface area (Å²) in [6, 6.07) is 2.98. The maximum absolute atomic E-state index is 11.7. The molecule has 0 spiro atoms. The summed E-state index contributed by atoms with van der Waals surface area (Å²) in [7, 11) is 0. The zero-order valence-electron chi connectivity index (χ0n) is 9.88. The van der Waals surface area contributed by atoms with E-state index in [1.807, 2.05) is 0 Å². The smallest absolute Gasteiger partial charge is 0.337 e. The van der Waals surface area contributed by atoms with Gasteiger partial charge in [0.15, 0.2) is 5.60 Å². The Bertz CT molecular complexity index is 459. The number of rotatable bonds is 5. The number of nitrogens with one attached hydrogen (secondary N) is 1. The molecule has 1 aromatic rings. The van der Waals surface area contributed by atoms with Crippen molar-refractivity contribution >= 4 is 11.9 Å². The van der Waals surface area contributed by atoms with Crippen molar-refractivity contribution in [2.24, 2.45) is 5.73 Å². The van der Waals surface area contributed by atoms with Crippen LogP contribution >= 0.6 is 0 Å². The molecule has 1 heterocycles. The molecule has 1 rings (SSSR count). The Kier molecular flexibility index (Phi) is 4.35. The van der Waals surface area contributed by atoms with Crippen LogP contribution in [-0.4, -0.2) is 39.2 Å². The Hall–Kier alpha value is -1.99. The molecule has 0 fully saturated rings. The van der Waals surface area contributed by atoms with Crippen molar-refractivity contribution in [1.29, 1.82) is 0 Å². The SMILES string of the molecule is CC(O)(CNC(=O)c1ccnc(CN)c1)C(=O)O. The van der Waals surface area contributed by atoms with Gasteiger partial charge in [0.25, 0.3) is 5.91 Å². The molecule has 0 aromatic carbocycles. The minimum absolute atomic E-state index is 0.202. The zero-order chi connectivity index (χ0) is 13.8. The van der Waals surface area contributed by atoms with Gasteiger partial charge in [-0.1, -0.05) is 0 Å². The fourth-order valence-electron chi connectivity index (χ4n) is 1.16. The molecule has 0 aliphatic carbocycles. The highest BCUT2D eigenvalue weighted by atomic mass is 16.4. The van der Waals surface area contributed by atoms with Gasteiger partial charge in [0.05, 0.1) is 12.2 Å². The van der Waals surface area contributed by atoms with Gasteiger partial charge in [0, 0.05) is 18.3 Å². The van der Waals surface area contributed by atoms with Crippen molar-refractivity contribution in [2.75, 3.05) is 6.54 Å². The van der Waals surface area contributed by atoms with Gasteiger partial charge < -0.3 is 21.3 Å². The van der Waals surface area contributed by atoms with Crippen molar-refractivity contribution in [2.45, 2.75) is 19.1 Å². The first-order valence-electron chi connectivity index (χ1n) is 5.26. The van der Waals surface area contributed by atoms with Crippen LogP contribution < -0.4 is 11.1 Å². The fourth-order valence-corrected chi connectivity index (χ4v) is 1.16. The quantitative estimate of drug-likeness (QED) is 0.539. The topological polar surface area (TPSA) is 126 Å². The number of carbonyl (C=O) groups excluding carboxylic acids is 1. The number of pyridine rings is 1. The highest BCUT2D eigenvalue weighted by Gasteiger charge is 2.30. The molecule has 7 nitrogen and oxygen atoms in total. The van der Waals surface area contributed by atoms with Crippen molar-refractivity contribution < 1.29 is 19.8 Å². The summed E-state index contributed by atoms with van der Waals surface area (Å²) in [6.45, 7) is 0.920. The van der Waals surface area contributed by atoms with Crippen LogP contribution in [0, 0.1) is 0 Å². The van der Waals surface area contributed by atoms with Gasteiger partial charge in [-0.2, -0.15) is 0 Å². The van der Waals surface area contributed by atoms with E-state index >= 15 is 0 Å². The van der Waals surface area contributed by atoms with Gasteiger partial charge in [-0.3, -0.25) is 9.78 Å². The van der Waals surface area contributed by atoms with Crippen molar-refractivity contribution in [3.05, 3.63) is 29.6 Å². The summed E-state index contributed by atoms with van der Waals surface area (Å²) in [6.07, 6.45) is 1.44. The Balaban J connectivity index is 2.68. The average Bonchev–Trinajstić information content (AvgIpc) is 2.36. The lowest BCUT2D eigenvalue weighted by atomic mass is 10.1. The molecule has 0 saturated heterocycles. The molecule has 0 saturated carbocycles. The third-order valence-corrected chi connectivity index (χ3v) is 2.34. The van der Waals surface area contributed by atoms with Gasteiger partial charge in [0.1, 0.15) is 0 Å². The third-order valence-electron chi connectivity index (χ3n) is 2.34. The summed E-state index contributed by atoms with van der Waals surface area (Å²) < 4.78 is 0. The van der Waals surface area contributed by atoms with Crippen molar-refractivity contribution in [1.82, 2.24) is 10.3 Å². The zero-order valence-corrected chi connectivity index (χ0v) is 9.88. The second kappa shape index (κ2) is 5.56. The number of carboxylic acid groups (broad SMARTS) is 1. The van der Waals surface area contributed by atoms with E-state index < -0.39 is 17.5 Å². The monoisotopic (exact) mass is 253 g/mol. The van der Waals surface area contributed by atoms with Crippen LogP contribution in [0.3, 0.4) is 0 Å². The van der Waals surface area contributed by atoms with Gasteiger partial charge in [-0.05, 0) is 19.1 Å². The number of hydrogen-bond donors (Lipinski definition) is 4. The first kappa shape index (κ1) is 14.1. The minimum atomic E-state index is -2.00. The van der Waals surface area contributed by atoms with E-state index in [-0.39, 0.29) is 13.1 Å². The number of aliphatic hydroxyl groups is 1. The number of carbonyl (C=O) groups is 2. The van der Waals surface area contributed by atoms with Crippen molar-refractivity contribution in [3.63, 3.8) is 0 Å². The first-order valence-corrected chi connectivity index (χ1v) is 5.26. The number of nitrogens with zero attached hydrogens (tertiary/aromatic N) is 1. The second-order valence-corrected chi connectivity index (χ2v) is 4.00. The lowest BCUT2D eigenvalue weighted by molar-refractivity contribution is -0.155. The fraction of sp³-hybridized carbons (Fsp3) is 0.364. The number of carboxylic acids is 1. The number of amides is 1. The van der Waals surface area contributed by atoms with E-state index in [1.54, 1.807) is 0 Å². The van der Waals surface area contributed by atoms with Crippen LogP contribution in [0.1, 0.15) is 23.0 Å². The average molecular weight is 253 g/mol. The predicted molar refractivity (Wildman–Crippen MR) is 62.7 cm³/mol. The number of nitrogens with two attached hydrogens (primary N) is 1. The first-order chi connectivity index (χ1) is 8.36. The molecule has 7 heteroatoms. The van der Waals surface area contributed by atoms with E-state index in [1.165, 1.54) is 18.3 Å². The van der Waals surface area contributed by atoms with E-state index in [0.29, 0.717) is 11.3 Å². The van der Waals surface area contributed by atoms with Crippen LogP contribution in [0.15, 0.2) is 18.3 Å². The molecule has 0 radical (unpaired) electrons. The summed E-state index contributed by atoms with van der Waals surface area (Å²) in [4.78, 5) is 26.3. The van der Waals surface area contributed by atoms with Gasteiger partial charge >= 0.3 is 5.97 Å². The van der Waals surface area contributed by atoms with Crippen LogP contribution in [0.4, 0.5) is 0 Å². The van der Waals surface area contributed by atoms with Gasteiger partial charge in [0.2, 0.25) is 0 Å². The molecule has 1 amide bonds. The molecule has 0 bridgehead atoms. The van der Waals surface area contributed by atoms with Gasteiger partial charge in [-0.25, -0.2) is 4.79 Å². The predicted octanol–water partition coefficient (Wildman–Crippen LogP) is -0.894. The number of aromatic nitrogens is 1. The molecule has 0 aliphatic rings. The summed E-state index contributed by atoms with van der Waals surface area (Å²) in [5, 5.41) is 20.5. The molecule has 1 aromatic heterocycles. The van der Waals surface area contributed by atoms with E-state index in [2.05, 4.69) is 10.3 Å². The van der Waals surface area contributed by atoms with Gasteiger partial charge in [-0.15, -0.1) is 0 Å². The third kappa shape index (κ3) is 3.51. The van der Waals surface area contributed by atoms with E-state index in [4.69, 9.17) is 10.8 Å². The molecule has 18 heavy (non-hydrogen) atoms. The largest absolute Gasteiger partial charge is 0.479 e. The lowest BCUT2D eigenvalue weighted by Crippen LogP contribution is -2.46. The highest BCUT2D eigenvalue weighted by molar-refractivity contribution is 5.94. The molecule has 98 valence electrons. The molecular weight excluding hydrogens is 238 g/mol. The molecule has 1 atom stereocenters. The second-order valence-electron chi connectivity index (χ2n) is 4.00. The molecule has 1 unspecified atom stereocenters. The summed E-state index contributed by atoms with van der Waals surface area (Å²) in [5.41, 5.74) is 4.25. The van der Waals surface area contributed by atoms with E-state index in [0.717, 1.165) is 6.92 Å². The van der Waals surface area contributed by atoms with Crippen LogP contribution in [0.5, 0.6) is 0 Å². The van der Waals surface area contributed by atoms with Crippen LogP contribution in [-0.2, 0) is 11.3 Å². The number of aliphatic carboxylic acids is 1. The number of hydrogen-bond acceptors (Lipinski definition) is 5. The highest BCUT2D eigenvalue weighted by Crippen LogP contribution is 2.04. The summed E-state index contributed by atoms with van der Waals surface area (Å²) >= 11 is 0. The normalized spacial score (nSPS) is 13.7. The minimum Gasteiger partial charge on any atom is -0.479 e. The van der Waals surface area contributed by atoms with Crippen LogP contribution in [0.2, 0.25) is 0 Å². The Morgan fingerprint density at radius 2 is 2.22 bits per heavy atom. The Labute approximate surface area is 104 Å². The molecule has 5 N–H and O–H groups in total. The standard InChI is InChI=1S/C11H15N3O4/c1-11(18,10(16)17)6-14-9(15)7-2-3-13-8(4-7)5-12/h2-4,18H,5-6,12H2,1H3,(H,14,15)(H,16,17).